The van der Waals surface area contributed by atoms with Gasteiger partial charge in [-0.25, -0.2) is 0 Å². The van der Waals surface area contributed by atoms with E-state index in [0.717, 1.165) is 50.6 Å². The number of rotatable bonds is 3. The van der Waals surface area contributed by atoms with Gasteiger partial charge in [-0.2, -0.15) is 0 Å². The molecule has 0 aromatic heterocycles. The van der Waals surface area contributed by atoms with E-state index in [4.69, 9.17) is 9.47 Å². The number of carbonyl (C=O) groups excluding carboxylic acids is 1. The summed E-state index contributed by atoms with van der Waals surface area (Å²) >= 11 is 0. The van der Waals surface area contributed by atoms with Crippen molar-refractivity contribution in [2.75, 3.05) is 32.8 Å². The summed E-state index contributed by atoms with van der Waals surface area (Å²) in [7, 11) is 0. The summed E-state index contributed by atoms with van der Waals surface area (Å²) in [4.78, 5) is 14.4. The molecule has 0 bridgehead atoms. The van der Waals surface area contributed by atoms with Crippen LogP contribution >= 0.6 is 0 Å². The molecule has 0 spiro atoms. The Labute approximate surface area is 113 Å². The Kier molecular flexibility index (Phi) is 3.80. The quantitative estimate of drug-likeness (QED) is 0.831. The molecule has 1 fully saturated rings. The topological polar surface area (TPSA) is 38.8 Å². The average Bonchev–Trinajstić information content (AvgIpc) is 2.46. The molecular formula is C15H19NO3. The standard InChI is InChI=1S/C15H19NO3/c17-14-11-12(5-6-16-7-9-18-10-8-16)19-15-4-2-1-3-13(14)15/h1-4,12H,5-11H2. The number of nitrogens with zero attached hydrogens (tertiary/aromatic N) is 1. The van der Waals surface area contributed by atoms with Crippen LogP contribution in [0, 0.1) is 0 Å². The second kappa shape index (κ2) is 5.72. The highest BCUT2D eigenvalue weighted by molar-refractivity contribution is 5.99. The lowest BCUT2D eigenvalue weighted by molar-refractivity contribution is 0.0304. The number of Topliss-reactive ketones (excluding diaryl/α,β-unsaturated/α-hetero) is 1. The van der Waals surface area contributed by atoms with Gasteiger partial charge in [0.1, 0.15) is 11.9 Å². The molecule has 3 rings (SSSR count). The number of ketones is 1. The number of para-hydroxylation sites is 1. The van der Waals surface area contributed by atoms with Crippen LogP contribution < -0.4 is 4.74 Å². The summed E-state index contributed by atoms with van der Waals surface area (Å²) in [6, 6.07) is 7.52. The van der Waals surface area contributed by atoms with Crippen molar-refractivity contribution < 1.29 is 14.3 Å². The molecule has 1 aromatic rings. The first kappa shape index (κ1) is 12.6. The van der Waals surface area contributed by atoms with Gasteiger partial charge in [-0.1, -0.05) is 12.1 Å². The molecule has 0 aliphatic carbocycles. The van der Waals surface area contributed by atoms with Crippen molar-refractivity contribution in [3.8, 4) is 5.75 Å². The number of morpholine rings is 1. The van der Waals surface area contributed by atoms with E-state index in [1.54, 1.807) is 0 Å². The fourth-order valence-electron chi connectivity index (χ4n) is 2.65. The van der Waals surface area contributed by atoms with Crippen LogP contribution in [0.15, 0.2) is 24.3 Å². The van der Waals surface area contributed by atoms with Gasteiger partial charge < -0.3 is 9.47 Å². The maximum Gasteiger partial charge on any atom is 0.170 e. The Morgan fingerprint density at radius 2 is 2.00 bits per heavy atom. The van der Waals surface area contributed by atoms with Crippen molar-refractivity contribution in [1.82, 2.24) is 4.90 Å². The summed E-state index contributed by atoms with van der Waals surface area (Å²) in [5.74, 6) is 0.944. The predicted molar refractivity (Wildman–Crippen MR) is 71.7 cm³/mol. The Bertz CT molecular complexity index is 454. The summed E-state index contributed by atoms with van der Waals surface area (Å²) in [5.41, 5.74) is 0.727. The first-order valence-corrected chi connectivity index (χ1v) is 6.92. The van der Waals surface area contributed by atoms with Crippen LogP contribution in [0.1, 0.15) is 23.2 Å². The van der Waals surface area contributed by atoms with Gasteiger partial charge in [0.15, 0.2) is 5.78 Å². The summed E-state index contributed by atoms with van der Waals surface area (Å²) in [6.45, 7) is 4.57. The molecule has 102 valence electrons. The third kappa shape index (κ3) is 2.96. The summed E-state index contributed by atoms with van der Waals surface area (Å²) < 4.78 is 11.2. The number of fused-ring (bicyclic) bond motifs is 1. The maximum atomic E-state index is 12.0. The highest BCUT2D eigenvalue weighted by atomic mass is 16.5. The normalized spacial score (nSPS) is 23.8. The Morgan fingerprint density at radius 3 is 2.84 bits per heavy atom. The molecular weight excluding hydrogens is 242 g/mol. The molecule has 4 heteroatoms. The minimum absolute atomic E-state index is 0.0187. The monoisotopic (exact) mass is 261 g/mol. The second-order valence-electron chi connectivity index (χ2n) is 5.11. The summed E-state index contributed by atoms with van der Waals surface area (Å²) in [5, 5.41) is 0. The van der Waals surface area contributed by atoms with E-state index in [9.17, 15) is 4.79 Å². The van der Waals surface area contributed by atoms with E-state index in [1.807, 2.05) is 24.3 Å². The van der Waals surface area contributed by atoms with Gasteiger partial charge in [0, 0.05) is 26.1 Å². The zero-order valence-electron chi connectivity index (χ0n) is 11.0. The van der Waals surface area contributed by atoms with Crippen molar-refractivity contribution in [3.05, 3.63) is 29.8 Å². The van der Waals surface area contributed by atoms with E-state index < -0.39 is 0 Å². The number of ether oxygens (including phenoxy) is 2. The van der Waals surface area contributed by atoms with Crippen LogP contribution in [0.4, 0.5) is 0 Å². The molecule has 0 N–H and O–H groups in total. The average molecular weight is 261 g/mol. The van der Waals surface area contributed by atoms with Gasteiger partial charge in [-0.3, -0.25) is 9.69 Å². The molecule has 1 aromatic carbocycles. The Hall–Kier alpha value is -1.39. The minimum atomic E-state index is 0.0187. The second-order valence-corrected chi connectivity index (χ2v) is 5.11. The molecule has 0 radical (unpaired) electrons. The number of hydrogen-bond donors (Lipinski definition) is 0. The van der Waals surface area contributed by atoms with Crippen molar-refractivity contribution in [2.24, 2.45) is 0 Å². The molecule has 1 unspecified atom stereocenters. The van der Waals surface area contributed by atoms with Crippen molar-refractivity contribution in [3.63, 3.8) is 0 Å². The molecule has 19 heavy (non-hydrogen) atoms. The van der Waals surface area contributed by atoms with E-state index in [0.29, 0.717) is 6.42 Å². The first-order chi connectivity index (χ1) is 9.33. The smallest absolute Gasteiger partial charge is 0.170 e. The van der Waals surface area contributed by atoms with Crippen molar-refractivity contribution in [2.45, 2.75) is 18.9 Å². The van der Waals surface area contributed by atoms with E-state index in [2.05, 4.69) is 4.90 Å². The lowest BCUT2D eigenvalue weighted by Crippen LogP contribution is -2.39. The molecule has 4 nitrogen and oxygen atoms in total. The fourth-order valence-corrected chi connectivity index (χ4v) is 2.65. The van der Waals surface area contributed by atoms with Crippen LogP contribution in [-0.4, -0.2) is 49.6 Å². The molecule has 2 heterocycles. The van der Waals surface area contributed by atoms with Gasteiger partial charge in [0.05, 0.1) is 18.8 Å². The number of carbonyl (C=O) groups is 1. The number of benzene rings is 1. The largest absolute Gasteiger partial charge is 0.489 e. The van der Waals surface area contributed by atoms with Crippen LogP contribution in [0.25, 0.3) is 0 Å². The van der Waals surface area contributed by atoms with Crippen LogP contribution in [-0.2, 0) is 4.74 Å². The Morgan fingerprint density at radius 1 is 1.21 bits per heavy atom. The van der Waals surface area contributed by atoms with E-state index >= 15 is 0 Å². The molecule has 0 amide bonds. The lowest BCUT2D eigenvalue weighted by atomic mass is 9.99. The van der Waals surface area contributed by atoms with Crippen LogP contribution in [0.2, 0.25) is 0 Å². The third-order valence-corrected chi connectivity index (χ3v) is 3.77. The highest BCUT2D eigenvalue weighted by Crippen LogP contribution is 2.28. The lowest BCUT2D eigenvalue weighted by Gasteiger charge is -2.30. The third-order valence-electron chi connectivity index (χ3n) is 3.77. The molecule has 2 aliphatic rings. The van der Waals surface area contributed by atoms with Crippen LogP contribution in [0.3, 0.4) is 0 Å². The fraction of sp³-hybridized carbons (Fsp3) is 0.533. The van der Waals surface area contributed by atoms with Gasteiger partial charge in [-0.05, 0) is 18.6 Å². The van der Waals surface area contributed by atoms with E-state index in [-0.39, 0.29) is 11.9 Å². The van der Waals surface area contributed by atoms with E-state index in [1.165, 1.54) is 0 Å². The highest BCUT2D eigenvalue weighted by Gasteiger charge is 2.26. The zero-order chi connectivity index (χ0) is 13.1. The first-order valence-electron chi connectivity index (χ1n) is 6.92. The molecule has 1 saturated heterocycles. The summed E-state index contributed by atoms with van der Waals surface area (Å²) in [6.07, 6.45) is 1.42. The van der Waals surface area contributed by atoms with Crippen molar-refractivity contribution >= 4 is 5.78 Å². The van der Waals surface area contributed by atoms with Crippen molar-refractivity contribution in [1.29, 1.82) is 0 Å². The zero-order valence-corrected chi connectivity index (χ0v) is 11.0. The maximum absolute atomic E-state index is 12.0. The molecule has 1 atom stereocenters. The molecule has 2 aliphatic heterocycles. The SMILES string of the molecule is O=C1CC(CCN2CCOCC2)Oc2ccccc21. The number of hydrogen-bond acceptors (Lipinski definition) is 4. The Balaban J connectivity index is 1.57. The van der Waals surface area contributed by atoms with Crippen LogP contribution in [0.5, 0.6) is 5.75 Å². The van der Waals surface area contributed by atoms with Gasteiger partial charge in [0.2, 0.25) is 0 Å². The van der Waals surface area contributed by atoms with Gasteiger partial charge in [-0.15, -0.1) is 0 Å². The predicted octanol–water partition coefficient (Wildman–Crippen LogP) is 1.74. The van der Waals surface area contributed by atoms with Gasteiger partial charge in [0.25, 0.3) is 0 Å². The molecule has 0 saturated carbocycles. The van der Waals surface area contributed by atoms with Gasteiger partial charge >= 0.3 is 0 Å². The minimum Gasteiger partial charge on any atom is -0.489 e.